The molecule has 0 unspecified atom stereocenters. The van der Waals surface area contributed by atoms with E-state index in [1.165, 1.54) is 0 Å². The predicted octanol–water partition coefficient (Wildman–Crippen LogP) is 3.04. The number of likely N-dealkylation sites (tertiary alicyclic amines) is 1. The zero-order chi connectivity index (χ0) is 16.1. The highest BCUT2D eigenvalue weighted by molar-refractivity contribution is 9.10. The first-order valence-corrected chi connectivity index (χ1v) is 8.41. The Morgan fingerprint density at radius 3 is 2.36 bits per heavy atom. The molecule has 120 valence electrons. The molecule has 1 aliphatic rings. The summed E-state index contributed by atoms with van der Waals surface area (Å²) in [7, 11) is 0. The largest absolute Gasteiger partial charge is 0.455 e. The van der Waals surface area contributed by atoms with Gasteiger partial charge in [-0.3, -0.25) is 9.59 Å². The molecule has 0 bridgehead atoms. The average molecular weight is 368 g/mol. The monoisotopic (exact) mass is 367 g/mol. The zero-order valence-corrected chi connectivity index (χ0v) is 14.6. The standard InChI is InChI=1S/C17H22BrNO3/c1-12-7-13(2)10-19(9-12)16(20)11-22-17(21)8-14-3-5-15(18)6-4-14/h3-6,12-13H,7-11H2,1-2H3/t12-,13+. The molecule has 22 heavy (non-hydrogen) atoms. The number of benzene rings is 1. The summed E-state index contributed by atoms with van der Waals surface area (Å²) < 4.78 is 6.09. The Balaban J connectivity index is 1.78. The maximum atomic E-state index is 12.1. The number of amides is 1. The van der Waals surface area contributed by atoms with Crippen LogP contribution in [-0.2, 0) is 20.7 Å². The molecule has 1 heterocycles. The Kier molecular flexibility index (Phi) is 6.00. The molecular formula is C17H22BrNO3. The summed E-state index contributed by atoms with van der Waals surface area (Å²) in [6.45, 7) is 5.65. The van der Waals surface area contributed by atoms with Crippen molar-refractivity contribution in [2.45, 2.75) is 26.7 Å². The second-order valence-corrected chi connectivity index (χ2v) is 7.12. The molecule has 2 atom stereocenters. The summed E-state index contributed by atoms with van der Waals surface area (Å²) in [6, 6.07) is 7.48. The van der Waals surface area contributed by atoms with Crippen molar-refractivity contribution in [3.8, 4) is 0 Å². The van der Waals surface area contributed by atoms with Gasteiger partial charge in [-0.05, 0) is 36.0 Å². The van der Waals surface area contributed by atoms with Crippen LogP contribution in [0.25, 0.3) is 0 Å². The minimum atomic E-state index is -0.367. The van der Waals surface area contributed by atoms with Crippen LogP contribution < -0.4 is 0 Å². The Hall–Kier alpha value is -1.36. The molecule has 0 radical (unpaired) electrons. The molecule has 1 fully saturated rings. The number of nitrogens with zero attached hydrogens (tertiary/aromatic N) is 1. The van der Waals surface area contributed by atoms with Crippen molar-refractivity contribution in [1.29, 1.82) is 0 Å². The van der Waals surface area contributed by atoms with E-state index >= 15 is 0 Å². The van der Waals surface area contributed by atoms with Crippen LogP contribution in [0.2, 0.25) is 0 Å². The fraction of sp³-hybridized carbons (Fsp3) is 0.529. The molecule has 2 rings (SSSR count). The maximum Gasteiger partial charge on any atom is 0.310 e. The third-order valence-electron chi connectivity index (χ3n) is 3.84. The minimum absolute atomic E-state index is 0.0949. The highest BCUT2D eigenvalue weighted by Crippen LogP contribution is 2.20. The van der Waals surface area contributed by atoms with Crippen LogP contribution in [0.5, 0.6) is 0 Å². The molecule has 0 spiro atoms. The van der Waals surface area contributed by atoms with Crippen LogP contribution in [-0.4, -0.2) is 36.5 Å². The summed E-state index contributed by atoms with van der Waals surface area (Å²) >= 11 is 3.35. The molecule has 4 nitrogen and oxygen atoms in total. The number of hydrogen-bond acceptors (Lipinski definition) is 3. The van der Waals surface area contributed by atoms with Gasteiger partial charge >= 0.3 is 5.97 Å². The Labute approximate surface area is 140 Å². The van der Waals surface area contributed by atoms with E-state index in [4.69, 9.17) is 4.74 Å². The summed E-state index contributed by atoms with van der Waals surface area (Å²) in [5.41, 5.74) is 0.876. The van der Waals surface area contributed by atoms with E-state index in [2.05, 4.69) is 29.8 Å². The van der Waals surface area contributed by atoms with Gasteiger partial charge in [0.05, 0.1) is 6.42 Å². The van der Waals surface area contributed by atoms with Gasteiger partial charge in [-0.2, -0.15) is 0 Å². The normalized spacial score (nSPS) is 21.5. The van der Waals surface area contributed by atoms with E-state index in [1.54, 1.807) is 0 Å². The van der Waals surface area contributed by atoms with E-state index in [1.807, 2.05) is 29.2 Å². The number of ether oxygens (including phenoxy) is 1. The molecule has 0 N–H and O–H groups in total. The van der Waals surface area contributed by atoms with Crippen LogP contribution in [0.4, 0.5) is 0 Å². The average Bonchev–Trinajstić information content (AvgIpc) is 2.46. The van der Waals surface area contributed by atoms with Crippen LogP contribution in [0.15, 0.2) is 28.7 Å². The lowest BCUT2D eigenvalue weighted by Gasteiger charge is -2.34. The minimum Gasteiger partial charge on any atom is -0.455 e. The van der Waals surface area contributed by atoms with E-state index in [0.29, 0.717) is 11.8 Å². The number of rotatable bonds is 4. The SMILES string of the molecule is C[C@@H]1C[C@H](C)CN(C(=O)COC(=O)Cc2ccc(Br)cc2)C1. The lowest BCUT2D eigenvalue weighted by atomic mass is 9.92. The molecule has 1 aromatic rings. The summed E-state index contributed by atoms with van der Waals surface area (Å²) in [5.74, 6) is 0.550. The predicted molar refractivity (Wildman–Crippen MR) is 88.3 cm³/mol. The number of carbonyl (C=O) groups excluding carboxylic acids is 2. The fourth-order valence-corrected chi connectivity index (χ4v) is 3.18. The summed E-state index contributed by atoms with van der Waals surface area (Å²) in [4.78, 5) is 25.8. The Bertz CT molecular complexity index is 519. The molecule has 0 aliphatic carbocycles. The van der Waals surface area contributed by atoms with Crippen molar-refractivity contribution in [3.05, 3.63) is 34.3 Å². The van der Waals surface area contributed by atoms with Gasteiger partial charge in [-0.1, -0.05) is 41.9 Å². The highest BCUT2D eigenvalue weighted by atomic mass is 79.9. The lowest BCUT2D eigenvalue weighted by molar-refractivity contribution is -0.152. The van der Waals surface area contributed by atoms with Crippen molar-refractivity contribution in [3.63, 3.8) is 0 Å². The molecule has 1 saturated heterocycles. The third kappa shape index (κ3) is 5.13. The number of piperidine rings is 1. The van der Waals surface area contributed by atoms with Crippen LogP contribution in [0.1, 0.15) is 25.8 Å². The van der Waals surface area contributed by atoms with Gasteiger partial charge < -0.3 is 9.64 Å². The summed E-state index contributed by atoms with van der Waals surface area (Å²) in [5, 5.41) is 0. The van der Waals surface area contributed by atoms with Crippen LogP contribution in [0.3, 0.4) is 0 Å². The van der Waals surface area contributed by atoms with E-state index in [0.717, 1.165) is 29.5 Å². The molecular weight excluding hydrogens is 346 g/mol. The van der Waals surface area contributed by atoms with E-state index < -0.39 is 0 Å². The second kappa shape index (κ2) is 7.77. The topological polar surface area (TPSA) is 46.6 Å². The van der Waals surface area contributed by atoms with Gasteiger partial charge in [0.25, 0.3) is 5.91 Å². The zero-order valence-electron chi connectivity index (χ0n) is 13.0. The van der Waals surface area contributed by atoms with Gasteiger partial charge in [0, 0.05) is 17.6 Å². The van der Waals surface area contributed by atoms with E-state index in [-0.39, 0.29) is 24.9 Å². The molecule has 1 aliphatic heterocycles. The van der Waals surface area contributed by atoms with Crippen LogP contribution in [0, 0.1) is 11.8 Å². The third-order valence-corrected chi connectivity index (χ3v) is 4.37. The molecule has 0 aromatic heterocycles. The van der Waals surface area contributed by atoms with Crippen molar-refractivity contribution in [2.75, 3.05) is 19.7 Å². The number of hydrogen-bond donors (Lipinski definition) is 0. The molecule has 1 aromatic carbocycles. The molecule has 1 amide bonds. The first-order valence-electron chi connectivity index (χ1n) is 7.62. The van der Waals surface area contributed by atoms with Crippen LogP contribution >= 0.6 is 15.9 Å². The van der Waals surface area contributed by atoms with Crippen molar-refractivity contribution in [2.24, 2.45) is 11.8 Å². The number of halogens is 1. The fourth-order valence-electron chi connectivity index (χ4n) is 2.92. The van der Waals surface area contributed by atoms with Gasteiger partial charge in [0.2, 0.25) is 0 Å². The first-order chi connectivity index (χ1) is 10.4. The van der Waals surface area contributed by atoms with Crippen molar-refractivity contribution in [1.82, 2.24) is 4.90 Å². The number of esters is 1. The maximum absolute atomic E-state index is 12.1. The summed E-state index contributed by atoms with van der Waals surface area (Å²) in [6.07, 6.45) is 1.33. The Morgan fingerprint density at radius 2 is 1.77 bits per heavy atom. The lowest BCUT2D eigenvalue weighted by Crippen LogP contribution is -2.44. The smallest absolute Gasteiger partial charge is 0.310 e. The van der Waals surface area contributed by atoms with Crippen molar-refractivity contribution < 1.29 is 14.3 Å². The quantitative estimate of drug-likeness (QED) is 0.768. The van der Waals surface area contributed by atoms with Gasteiger partial charge in [0.1, 0.15) is 0 Å². The highest BCUT2D eigenvalue weighted by Gasteiger charge is 2.25. The number of carbonyl (C=O) groups is 2. The van der Waals surface area contributed by atoms with Gasteiger partial charge in [0.15, 0.2) is 6.61 Å². The van der Waals surface area contributed by atoms with E-state index in [9.17, 15) is 9.59 Å². The van der Waals surface area contributed by atoms with Gasteiger partial charge in [-0.15, -0.1) is 0 Å². The molecule has 0 saturated carbocycles. The first kappa shape index (κ1) is 17.0. The second-order valence-electron chi connectivity index (χ2n) is 6.21. The van der Waals surface area contributed by atoms with Gasteiger partial charge in [-0.25, -0.2) is 0 Å². The molecule has 5 heteroatoms. The Morgan fingerprint density at radius 1 is 1.18 bits per heavy atom. The van der Waals surface area contributed by atoms with Crippen molar-refractivity contribution >= 4 is 27.8 Å².